The summed E-state index contributed by atoms with van der Waals surface area (Å²) in [6, 6.07) is 11.7. The van der Waals surface area contributed by atoms with Crippen molar-refractivity contribution in [2.45, 2.75) is 0 Å². The Morgan fingerprint density at radius 2 is 1.88 bits per heavy atom. The summed E-state index contributed by atoms with van der Waals surface area (Å²) in [7, 11) is 1.86. The van der Waals surface area contributed by atoms with Crippen LogP contribution in [0.3, 0.4) is 0 Å². The zero-order valence-corrected chi connectivity index (χ0v) is 9.39. The Balaban J connectivity index is 2.29. The Kier molecular flexibility index (Phi) is 3.20. The molecule has 2 rings (SSSR count). The molecule has 0 bridgehead atoms. The molecule has 1 aromatic heterocycles. The average Bonchev–Trinajstić information content (AvgIpc) is 2.39. The summed E-state index contributed by atoms with van der Waals surface area (Å²) in [5, 5.41) is 0. The van der Waals surface area contributed by atoms with E-state index in [1.54, 1.807) is 18.2 Å². The molecule has 0 spiro atoms. The van der Waals surface area contributed by atoms with Crippen LogP contribution in [0.2, 0.25) is 0 Å². The number of benzene rings is 1. The third-order valence-corrected chi connectivity index (χ3v) is 2.44. The molecule has 3 N–H and O–H groups in total. The van der Waals surface area contributed by atoms with E-state index in [1.807, 2.05) is 24.1 Å². The van der Waals surface area contributed by atoms with Crippen molar-refractivity contribution in [2.75, 3.05) is 17.4 Å². The van der Waals surface area contributed by atoms with E-state index in [0.29, 0.717) is 5.82 Å². The van der Waals surface area contributed by atoms with Crippen LogP contribution in [0.15, 0.2) is 42.5 Å². The maximum Gasteiger partial charge on any atom is 0.142 e. The van der Waals surface area contributed by atoms with Gasteiger partial charge in [0.1, 0.15) is 17.5 Å². The topological polar surface area (TPSA) is 54.2 Å². The molecule has 0 aliphatic heterocycles. The van der Waals surface area contributed by atoms with Gasteiger partial charge >= 0.3 is 0 Å². The van der Waals surface area contributed by atoms with E-state index in [9.17, 15) is 4.39 Å². The molecule has 0 saturated carbocycles. The van der Waals surface area contributed by atoms with Crippen LogP contribution in [-0.2, 0) is 0 Å². The number of nitrogen functional groups attached to an aromatic ring is 1. The van der Waals surface area contributed by atoms with Crippen LogP contribution in [0, 0.1) is 5.82 Å². The smallest absolute Gasteiger partial charge is 0.142 e. The SMILES string of the molecule is CN(c1ccc(F)cc1)c1cccc(NN)n1. The average molecular weight is 232 g/mol. The first-order valence-corrected chi connectivity index (χ1v) is 5.13. The first-order valence-electron chi connectivity index (χ1n) is 5.13. The quantitative estimate of drug-likeness (QED) is 0.629. The molecule has 5 heteroatoms. The van der Waals surface area contributed by atoms with Gasteiger partial charge in [0, 0.05) is 12.7 Å². The minimum absolute atomic E-state index is 0.257. The minimum atomic E-state index is -0.257. The Bertz CT molecular complexity index is 498. The zero-order valence-electron chi connectivity index (χ0n) is 9.39. The van der Waals surface area contributed by atoms with Crippen LogP contribution >= 0.6 is 0 Å². The summed E-state index contributed by atoms with van der Waals surface area (Å²) < 4.78 is 12.8. The monoisotopic (exact) mass is 232 g/mol. The first-order chi connectivity index (χ1) is 8.20. The molecular weight excluding hydrogens is 219 g/mol. The van der Waals surface area contributed by atoms with Gasteiger partial charge in [-0.1, -0.05) is 6.07 Å². The van der Waals surface area contributed by atoms with Gasteiger partial charge in [-0.2, -0.15) is 0 Å². The number of nitrogens with one attached hydrogen (secondary N) is 1. The lowest BCUT2D eigenvalue weighted by molar-refractivity contribution is 0.628. The summed E-state index contributed by atoms with van der Waals surface area (Å²) in [5.41, 5.74) is 3.34. The molecule has 0 fully saturated rings. The van der Waals surface area contributed by atoms with E-state index in [0.717, 1.165) is 11.5 Å². The van der Waals surface area contributed by atoms with Gasteiger partial charge in [-0.3, -0.25) is 0 Å². The van der Waals surface area contributed by atoms with Gasteiger partial charge in [0.15, 0.2) is 0 Å². The Morgan fingerprint density at radius 1 is 1.18 bits per heavy atom. The van der Waals surface area contributed by atoms with E-state index in [2.05, 4.69) is 10.4 Å². The van der Waals surface area contributed by atoms with Crippen molar-refractivity contribution in [3.63, 3.8) is 0 Å². The number of pyridine rings is 1. The lowest BCUT2D eigenvalue weighted by atomic mass is 10.3. The number of nitrogens with zero attached hydrogens (tertiary/aromatic N) is 2. The molecule has 0 aliphatic rings. The summed E-state index contributed by atoms with van der Waals surface area (Å²) >= 11 is 0. The Labute approximate surface area is 98.9 Å². The minimum Gasteiger partial charge on any atom is -0.329 e. The number of hydrogen-bond acceptors (Lipinski definition) is 4. The molecule has 0 atom stereocenters. The summed E-state index contributed by atoms with van der Waals surface area (Å²) in [6.07, 6.45) is 0. The Morgan fingerprint density at radius 3 is 2.53 bits per heavy atom. The van der Waals surface area contributed by atoms with Crippen LogP contribution in [0.25, 0.3) is 0 Å². The molecule has 1 heterocycles. The molecule has 88 valence electrons. The highest BCUT2D eigenvalue weighted by atomic mass is 19.1. The fourth-order valence-corrected chi connectivity index (χ4v) is 1.49. The van der Waals surface area contributed by atoms with Crippen LogP contribution < -0.4 is 16.2 Å². The highest BCUT2D eigenvalue weighted by Crippen LogP contribution is 2.22. The van der Waals surface area contributed by atoms with Gasteiger partial charge in [-0.25, -0.2) is 15.2 Å². The van der Waals surface area contributed by atoms with Crippen LogP contribution in [0.5, 0.6) is 0 Å². The van der Waals surface area contributed by atoms with Crippen LogP contribution in [0.1, 0.15) is 0 Å². The van der Waals surface area contributed by atoms with Gasteiger partial charge in [-0.15, -0.1) is 0 Å². The van der Waals surface area contributed by atoms with Crippen molar-refractivity contribution in [3.05, 3.63) is 48.3 Å². The fourth-order valence-electron chi connectivity index (χ4n) is 1.49. The molecule has 0 aliphatic carbocycles. The van der Waals surface area contributed by atoms with Gasteiger partial charge < -0.3 is 10.3 Å². The van der Waals surface area contributed by atoms with Crippen LogP contribution in [-0.4, -0.2) is 12.0 Å². The number of hydrogen-bond donors (Lipinski definition) is 2. The fraction of sp³-hybridized carbons (Fsp3) is 0.0833. The van der Waals surface area contributed by atoms with Crippen LogP contribution in [0.4, 0.5) is 21.7 Å². The normalized spacial score (nSPS) is 10.1. The summed E-state index contributed by atoms with van der Waals surface area (Å²) in [6.45, 7) is 0. The molecule has 2 aromatic rings. The van der Waals surface area contributed by atoms with E-state index in [1.165, 1.54) is 12.1 Å². The number of aromatic nitrogens is 1. The highest BCUT2D eigenvalue weighted by molar-refractivity contribution is 5.60. The maximum absolute atomic E-state index is 12.8. The van der Waals surface area contributed by atoms with Gasteiger partial charge in [0.2, 0.25) is 0 Å². The van der Waals surface area contributed by atoms with E-state index in [-0.39, 0.29) is 5.82 Å². The molecule has 4 nitrogen and oxygen atoms in total. The van der Waals surface area contributed by atoms with Gasteiger partial charge in [-0.05, 0) is 36.4 Å². The molecule has 0 saturated heterocycles. The zero-order chi connectivity index (χ0) is 12.3. The van der Waals surface area contributed by atoms with Crippen molar-refractivity contribution in [1.82, 2.24) is 4.98 Å². The third-order valence-electron chi connectivity index (χ3n) is 2.44. The van der Waals surface area contributed by atoms with E-state index in [4.69, 9.17) is 5.84 Å². The van der Waals surface area contributed by atoms with Crippen molar-refractivity contribution in [2.24, 2.45) is 5.84 Å². The molecule has 0 radical (unpaired) electrons. The maximum atomic E-state index is 12.8. The van der Waals surface area contributed by atoms with E-state index >= 15 is 0 Å². The van der Waals surface area contributed by atoms with E-state index < -0.39 is 0 Å². The summed E-state index contributed by atoms with van der Waals surface area (Å²) in [5.74, 6) is 6.35. The third kappa shape index (κ3) is 2.51. The summed E-state index contributed by atoms with van der Waals surface area (Å²) in [4.78, 5) is 6.13. The van der Waals surface area contributed by atoms with Crippen molar-refractivity contribution in [3.8, 4) is 0 Å². The second-order valence-corrected chi connectivity index (χ2v) is 3.56. The Hall–Kier alpha value is -2.14. The highest BCUT2D eigenvalue weighted by Gasteiger charge is 2.05. The molecule has 17 heavy (non-hydrogen) atoms. The number of rotatable bonds is 3. The predicted octanol–water partition coefficient (Wildman–Crippen LogP) is 2.27. The van der Waals surface area contributed by atoms with Crippen molar-refractivity contribution in [1.29, 1.82) is 0 Å². The molecule has 1 aromatic carbocycles. The lowest BCUT2D eigenvalue weighted by Crippen LogP contribution is -2.14. The number of anilines is 3. The molecular formula is C12H13FN4. The first kappa shape index (κ1) is 11.3. The molecule has 0 unspecified atom stereocenters. The van der Waals surface area contributed by atoms with Gasteiger partial charge in [0.05, 0.1) is 0 Å². The largest absolute Gasteiger partial charge is 0.329 e. The molecule has 0 amide bonds. The van der Waals surface area contributed by atoms with Crippen molar-refractivity contribution >= 4 is 17.3 Å². The standard InChI is InChI=1S/C12H13FN4/c1-17(10-7-5-9(13)6-8-10)12-4-2-3-11(15-12)16-14/h2-8H,14H2,1H3,(H,15,16). The second kappa shape index (κ2) is 4.80. The lowest BCUT2D eigenvalue weighted by Gasteiger charge is -2.18. The number of hydrazine groups is 1. The number of halogens is 1. The van der Waals surface area contributed by atoms with Crippen molar-refractivity contribution < 1.29 is 4.39 Å². The van der Waals surface area contributed by atoms with Gasteiger partial charge in [0.25, 0.3) is 0 Å². The second-order valence-electron chi connectivity index (χ2n) is 3.56. The number of nitrogens with two attached hydrogens (primary N) is 1. The predicted molar refractivity (Wildman–Crippen MR) is 66.5 cm³/mol.